The zero-order valence-electron chi connectivity index (χ0n) is 14.5. The zero-order chi connectivity index (χ0) is 19.4. The van der Waals surface area contributed by atoms with Gasteiger partial charge in [-0.1, -0.05) is 0 Å². The van der Waals surface area contributed by atoms with Crippen molar-refractivity contribution in [2.75, 3.05) is 17.2 Å². The second kappa shape index (κ2) is 7.96. The Kier molecular flexibility index (Phi) is 5.65. The van der Waals surface area contributed by atoms with Crippen LogP contribution in [0.3, 0.4) is 0 Å². The summed E-state index contributed by atoms with van der Waals surface area (Å²) in [5.41, 5.74) is -0.208. The molecule has 1 saturated carbocycles. The van der Waals surface area contributed by atoms with E-state index in [-0.39, 0.29) is 11.8 Å². The average molecular weight is 379 g/mol. The molecule has 0 spiro atoms. The van der Waals surface area contributed by atoms with E-state index < -0.39 is 17.6 Å². The van der Waals surface area contributed by atoms with Crippen LogP contribution in [0.15, 0.2) is 42.6 Å². The van der Waals surface area contributed by atoms with Crippen molar-refractivity contribution in [3.05, 3.63) is 53.7 Å². The van der Waals surface area contributed by atoms with Gasteiger partial charge in [0.2, 0.25) is 0 Å². The first-order valence-corrected chi connectivity index (χ1v) is 8.68. The smallest absolute Gasteiger partial charge is 0.393 e. The Bertz CT molecular complexity index is 794. The van der Waals surface area contributed by atoms with Gasteiger partial charge < -0.3 is 15.7 Å². The normalized spacial score (nSPS) is 19.7. The Labute approximate surface area is 154 Å². The monoisotopic (exact) mass is 379 g/mol. The fourth-order valence-electron chi connectivity index (χ4n) is 3.15. The number of alkyl halides is 3. The highest BCUT2D eigenvalue weighted by Crippen LogP contribution is 2.30. The molecule has 0 saturated heterocycles. The van der Waals surface area contributed by atoms with Gasteiger partial charge in [0.15, 0.2) is 0 Å². The molecule has 1 heterocycles. The number of pyridine rings is 1. The summed E-state index contributed by atoms with van der Waals surface area (Å²) >= 11 is 0. The molecule has 2 unspecified atom stereocenters. The van der Waals surface area contributed by atoms with E-state index in [0.29, 0.717) is 30.3 Å². The zero-order valence-corrected chi connectivity index (χ0v) is 14.5. The van der Waals surface area contributed by atoms with Gasteiger partial charge >= 0.3 is 6.18 Å². The molecule has 0 bridgehead atoms. The Morgan fingerprint density at radius 3 is 2.56 bits per heavy atom. The molecule has 1 aliphatic carbocycles. The maximum atomic E-state index is 12.6. The van der Waals surface area contributed by atoms with E-state index in [1.54, 1.807) is 18.3 Å². The van der Waals surface area contributed by atoms with Crippen LogP contribution in [0.2, 0.25) is 0 Å². The Hall–Kier alpha value is -2.61. The van der Waals surface area contributed by atoms with Gasteiger partial charge in [0.05, 0.1) is 17.2 Å². The number of carbonyl (C=O) groups is 1. The molecule has 1 aromatic heterocycles. The van der Waals surface area contributed by atoms with E-state index in [9.17, 15) is 23.1 Å². The molecule has 2 aromatic rings. The first kappa shape index (κ1) is 19.2. The summed E-state index contributed by atoms with van der Waals surface area (Å²) in [4.78, 5) is 16.7. The summed E-state index contributed by atoms with van der Waals surface area (Å²) in [7, 11) is 0. The molecule has 27 heavy (non-hydrogen) atoms. The van der Waals surface area contributed by atoms with Gasteiger partial charge in [0.25, 0.3) is 5.91 Å². The molecular weight excluding hydrogens is 359 g/mol. The number of rotatable bonds is 5. The third-order valence-corrected chi connectivity index (χ3v) is 4.59. The molecule has 1 aromatic carbocycles. The third-order valence-electron chi connectivity index (χ3n) is 4.59. The number of nitrogens with zero attached hydrogens (tertiary/aromatic N) is 1. The number of halogens is 3. The van der Waals surface area contributed by atoms with Gasteiger partial charge in [0.1, 0.15) is 5.82 Å². The number of aliphatic hydroxyl groups excluding tert-OH is 1. The lowest BCUT2D eigenvalue weighted by molar-refractivity contribution is -0.137. The van der Waals surface area contributed by atoms with Crippen LogP contribution in [-0.2, 0) is 6.18 Å². The predicted octanol–water partition coefficient (Wildman–Crippen LogP) is 3.93. The molecule has 8 heteroatoms. The van der Waals surface area contributed by atoms with Crippen LogP contribution in [0.25, 0.3) is 0 Å². The van der Waals surface area contributed by atoms with Crippen LogP contribution in [-0.4, -0.2) is 28.6 Å². The van der Waals surface area contributed by atoms with E-state index in [2.05, 4.69) is 15.6 Å². The van der Waals surface area contributed by atoms with Crippen LogP contribution >= 0.6 is 0 Å². The van der Waals surface area contributed by atoms with Gasteiger partial charge in [-0.15, -0.1) is 0 Å². The molecule has 1 fully saturated rings. The summed E-state index contributed by atoms with van der Waals surface area (Å²) in [5, 5.41) is 15.3. The van der Waals surface area contributed by atoms with E-state index in [1.165, 1.54) is 12.1 Å². The van der Waals surface area contributed by atoms with Crippen molar-refractivity contribution in [2.45, 2.75) is 31.5 Å². The van der Waals surface area contributed by atoms with Crippen molar-refractivity contribution in [3.63, 3.8) is 0 Å². The lowest BCUT2D eigenvalue weighted by Gasteiger charge is -2.14. The summed E-state index contributed by atoms with van der Waals surface area (Å²) in [6.45, 7) is 0.592. The average Bonchev–Trinajstić information content (AvgIpc) is 3.05. The van der Waals surface area contributed by atoms with Crippen molar-refractivity contribution in [1.29, 1.82) is 0 Å². The maximum Gasteiger partial charge on any atom is 0.416 e. The standard InChI is InChI=1S/C19H20F3N3O2/c20-19(21,22)13-4-6-14(7-5-13)25-18(27)16-2-1-9-23-17(16)24-11-12-3-8-15(26)10-12/h1-2,4-7,9,12,15,26H,3,8,10-11H2,(H,23,24)(H,25,27). The Balaban J connectivity index is 1.66. The number of benzene rings is 1. The minimum Gasteiger partial charge on any atom is -0.393 e. The maximum absolute atomic E-state index is 12.6. The SMILES string of the molecule is O=C(Nc1ccc(C(F)(F)F)cc1)c1cccnc1NCC1CCC(O)C1. The van der Waals surface area contributed by atoms with E-state index in [1.807, 2.05) is 0 Å². The Morgan fingerprint density at radius 2 is 1.93 bits per heavy atom. The van der Waals surface area contributed by atoms with Crippen molar-refractivity contribution < 1.29 is 23.1 Å². The summed E-state index contributed by atoms with van der Waals surface area (Å²) in [6, 6.07) is 7.48. The van der Waals surface area contributed by atoms with Crippen LogP contribution in [0, 0.1) is 5.92 Å². The molecule has 3 N–H and O–H groups in total. The highest BCUT2D eigenvalue weighted by atomic mass is 19.4. The molecular formula is C19H20F3N3O2. The number of anilines is 2. The quantitative estimate of drug-likeness (QED) is 0.736. The first-order chi connectivity index (χ1) is 12.8. The van der Waals surface area contributed by atoms with Crippen molar-refractivity contribution >= 4 is 17.4 Å². The lowest BCUT2D eigenvalue weighted by Crippen LogP contribution is -2.19. The fourth-order valence-corrected chi connectivity index (χ4v) is 3.15. The van der Waals surface area contributed by atoms with Gasteiger partial charge in [-0.25, -0.2) is 4.98 Å². The van der Waals surface area contributed by atoms with Gasteiger partial charge in [-0.3, -0.25) is 4.79 Å². The number of hydrogen-bond donors (Lipinski definition) is 3. The van der Waals surface area contributed by atoms with Crippen LogP contribution < -0.4 is 10.6 Å². The van der Waals surface area contributed by atoms with Crippen LogP contribution in [0.5, 0.6) is 0 Å². The van der Waals surface area contributed by atoms with E-state index in [4.69, 9.17) is 0 Å². The fraction of sp³-hybridized carbons (Fsp3) is 0.368. The number of aliphatic hydroxyl groups is 1. The van der Waals surface area contributed by atoms with Gasteiger partial charge in [-0.2, -0.15) is 13.2 Å². The molecule has 1 amide bonds. The van der Waals surface area contributed by atoms with E-state index >= 15 is 0 Å². The Morgan fingerprint density at radius 1 is 1.19 bits per heavy atom. The molecule has 1 aliphatic rings. The number of amides is 1. The number of carbonyl (C=O) groups excluding carboxylic acids is 1. The summed E-state index contributed by atoms with van der Waals surface area (Å²) in [6.07, 6.45) is -0.739. The van der Waals surface area contributed by atoms with E-state index in [0.717, 1.165) is 25.0 Å². The number of aromatic nitrogens is 1. The number of nitrogens with one attached hydrogen (secondary N) is 2. The molecule has 3 rings (SSSR count). The molecule has 0 radical (unpaired) electrons. The second-order valence-electron chi connectivity index (χ2n) is 6.64. The minimum atomic E-state index is -4.42. The topological polar surface area (TPSA) is 74.2 Å². The molecule has 2 atom stereocenters. The summed E-state index contributed by atoms with van der Waals surface area (Å²) in [5.74, 6) is 0.257. The van der Waals surface area contributed by atoms with Crippen LogP contribution in [0.4, 0.5) is 24.7 Å². The molecule has 0 aliphatic heterocycles. The largest absolute Gasteiger partial charge is 0.416 e. The van der Waals surface area contributed by atoms with Crippen LogP contribution in [0.1, 0.15) is 35.2 Å². The molecule has 5 nitrogen and oxygen atoms in total. The van der Waals surface area contributed by atoms with Crippen molar-refractivity contribution in [3.8, 4) is 0 Å². The summed E-state index contributed by atoms with van der Waals surface area (Å²) < 4.78 is 37.9. The lowest BCUT2D eigenvalue weighted by atomic mass is 10.1. The second-order valence-corrected chi connectivity index (χ2v) is 6.64. The predicted molar refractivity (Wildman–Crippen MR) is 95.5 cm³/mol. The number of hydrogen-bond acceptors (Lipinski definition) is 4. The van der Waals surface area contributed by atoms with Gasteiger partial charge in [0, 0.05) is 18.4 Å². The third kappa shape index (κ3) is 4.97. The van der Waals surface area contributed by atoms with Crippen molar-refractivity contribution in [2.24, 2.45) is 5.92 Å². The van der Waals surface area contributed by atoms with Crippen molar-refractivity contribution in [1.82, 2.24) is 4.98 Å². The van der Waals surface area contributed by atoms with Gasteiger partial charge in [-0.05, 0) is 61.6 Å². The molecule has 144 valence electrons. The highest BCUT2D eigenvalue weighted by molar-refractivity contribution is 6.07. The highest BCUT2D eigenvalue weighted by Gasteiger charge is 2.30. The minimum absolute atomic E-state index is 0.265. The first-order valence-electron chi connectivity index (χ1n) is 8.68.